The second-order valence-electron chi connectivity index (χ2n) is 11.6. The van der Waals surface area contributed by atoms with Crippen LogP contribution < -0.4 is 21.3 Å². The second kappa shape index (κ2) is 18.4. The molecule has 1 aliphatic rings. The maximum absolute atomic E-state index is 13.3. The topological polar surface area (TPSA) is 228 Å². The molecule has 0 saturated carbocycles. The maximum Gasteiger partial charge on any atom is 0.408 e. The van der Waals surface area contributed by atoms with Crippen molar-refractivity contribution in [3.05, 3.63) is 35.9 Å². The molecule has 1 aromatic rings. The van der Waals surface area contributed by atoms with Crippen LogP contribution in [0.3, 0.4) is 0 Å². The van der Waals surface area contributed by atoms with Crippen LogP contribution in [-0.2, 0) is 54.3 Å². The van der Waals surface area contributed by atoms with E-state index in [1.54, 1.807) is 58.9 Å². The number of aliphatic carboxylic acids is 1. The Labute approximate surface area is 272 Å². The zero-order chi connectivity index (χ0) is 35.1. The number of hydrogen-bond donors (Lipinski definition) is 5. The Hall–Kier alpha value is -4.73. The Morgan fingerprint density at radius 3 is 2.04 bits per heavy atom. The van der Waals surface area contributed by atoms with E-state index in [9.17, 15) is 38.7 Å². The third-order valence-electron chi connectivity index (χ3n) is 6.46. The number of epoxide rings is 1. The Balaban J connectivity index is 2.03. The number of alkyl carbamates (subject to hydrolysis) is 1. The van der Waals surface area contributed by atoms with Gasteiger partial charge in [-0.1, -0.05) is 43.7 Å². The molecule has 0 spiro atoms. The lowest BCUT2D eigenvalue weighted by Gasteiger charge is -2.26. The molecule has 0 aliphatic carbocycles. The zero-order valence-corrected chi connectivity index (χ0v) is 27.2. The average Bonchev–Trinajstić information content (AvgIpc) is 3.81. The summed E-state index contributed by atoms with van der Waals surface area (Å²) in [6.45, 7) is 7.76. The van der Waals surface area contributed by atoms with Gasteiger partial charge in [0.05, 0.1) is 6.61 Å². The van der Waals surface area contributed by atoms with Gasteiger partial charge in [0.2, 0.25) is 11.8 Å². The predicted molar refractivity (Wildman–Crippen MR) is 163 cm³/mol. The van der Waals surface area contributed by atoms with Gasteiger partial charge in [-0.15, -0.1) is 0 Å². The highest BCUT2D eigenvalue weighted by Crippen LogP contribution is 2.23. The van der Waals surface area contributed by atoms with Crippen molar-refractivity contribution in [2.45, 2.75) is 103 Å². The van der Waals surface area contributed by atoms with Gasteiger partial charge in [0.1, 0.15) is 30.3 Å². The molecule has 1 aliphatic heterocycles. The number of carbonyl (C=O) groups is 7. The van der Waals surface area contributed by atoms with Crippen molar-refractivity contribution < 1.29 is 57.6 Å². The number of ether oxygens (including phenoxy) is 4. The lowest BCUT2D eigenvalue weighted by Crippen LogP contribution is -2.57. The summed E-state index contributed by atoms with van der Waals surface area (Å²) in [5.41, 5.74) is -0.131. The molecule has 5 N–H and O–H groups in total. The fourth-order valence-corrected chi connectivity index (χ4v) is 4.11. The van der Waals surface area contributed by atoms with Crippen molar-refractivity contribution >= 4 is 41.7 Å². The standard InChI is InChI=1S/C31H44N4O12/c1-6-11-19(25(37)34-21(28(40)41)16-32-27(39)23-24(46-23)29(42)44-7-2)33-26(38)20(35-30(43)47-31(3,4)5)14-15-22(36)45-17-18-12-9-8-10-13-18/h8-10,12-13,19-21,23-24H,6-7,11,14-17H2,1-5H3,(H,32,39)(H,33,38)(H,34,37)(H,35,43)(H,40,41)/t19-,20-,21-,23-,24-/m0/s1. The van der Waals surface area contributed by atoms with Gasteiger partial charge >= 0.3 is 24.0 Å². The molecule has 1 aromatic carbocycles. The summed E-state index contributed by atoms with van der Waals surface area (Å²) in [5.74, 6) is -5.28. The first-order valence-corrected chi connectivity index (χ1v) is 15.3. The fourth-order valence-electron chi connectivity index (χ4n) is 4.11. The van der Waals surface area contributed by atoms with E-state index in [1.807, 2.05) is 6.07 Å². The summed E-state index contributed by atoms with van der Waals surface area (Å²) in [7, 11) is 0. The van der Waals surface area contributed by atoms with E-state index in [0.29, 0.717) is 6.42 Å². The highest BCUT2D eigenvalue weighted by atomic mass is 16.6. The zero-order valence-electron chi connectivity index (χ0n) is 27.2. The average molecular weight is 665 g/mol. The van der Waals surface area contributed by atoms with Crippen molar-refractivity contribution in [1.29, 1.82) is 0 Å². The van der Waals surface area contributed by atoms with Crippen LogP contribution in [0.15, 0.2) is 30.3 Å². The highest BCUT2D eigenvalue weighted by molar-refractivity contribution is 5.94. The van der Waals surface area contributed by atoms with Crippen molar-refractivity contribution in [3.63, 3.8) is 0 Å². The number of carboxylic acids is 1. The molecule has 1 heterocycles. The van der Waals surface area contributed by atoms with E-state index in [2.05, 4.69) is 21.3 Å². The third kappa shape index (κ3) is 14.1. The first-order chi connectivity index (χ1) is 22.1. The maximum atomic E-state index is 13.3. The van der Waals surface area contributed by atoms with Crippen LogP contribution in [-0.4, -0.2) is 95.9 Å². The van der Waals surface area contributed by atoms with E-state index in [0.717, 1.165) is 5.56 Å². The fraction of sp³-hybridized carbons (Fsp3) is 0.581. The number of rotatable bonds is 18. The summed E-state index contributed by atoms with van der Waals surface area (Å²) < 4.78 is 20.3. The summed E-state index contributed by atoms with van der Waals surface area (Å²) in [4.78, 5) is 87.3. The van der Waals surface area contributed by atoms with E-state index < -0.39 is 84.2 Å². The van der Waals surface area contributed by atoms with Gasteiger partial charge in [-0.3, -0.25) is 19.2 Å². The number of benzene rings is 1. The molecule has 0 aromatic heterocycles. The van der Waals surface area contributed by atoms with Crippen LogP contribution in [0, 0.1) is 0 Å². The summed E-state index contributed by atoms with van der Waals surface area (Å²) in [6.07, 6.45) is -3.13. The first-order valence-electron chi connectivity index (χ1n) is 15.3. The number of hydrogen-bond acceptors (Lipinski definition) is 11. The summed E-state index contributed by atoms with van der Waals surface area (Å²) in [6, 6.07) is 4.79. The van der Waals surface area contributed by atoms with Gasteiger partial charge in [-0.2, -0.15) is 0 Å². The van der Waals surface area contributed by atoms with Gasteiger partial charge in [0, 0.05) is 13.0 Å². The van der Waals surface area contributed by atoms with Crippen LogP contribution >= 0.6 is 0 Å². The molecule has 47 heavy (non-hydrogen) atoms. The van der Waals surface area contributed by atoms with Gasteiger partial charge in [-0.05, 0) is 46.1 Å². The molecule has 0 unspecified atom stereocenters. The Morgan fingerprint density at radius 1 is 0.851 bits per heavy atom. The monoisotopic (exact) mass is 664 g/mol. The SMILES string of the molecule is CCC[C@H](NC(=O)[C@H](CCC(=O)OCc1ccccc1)NC(=O)OC(C)(C)C)C(=O)N[C@@H](CNC(=O)[C@H]1O[C@@H]1C(=O)OCC)C(=O)O. The van der Waals surface area contributed by atoms with Gasteiger partial charge in [0.25, 0.3) is 5.91 Å². The van der Waals surface area contributed by atoms with Gasteiger partial charge < -0.3 is 45.3 Å². The van der Waals surface area contributed by atoms with Crippen LogP contribution in [0.5, 0.6) is 0 Å². The molecule has 0 bridgehead atoms. The summed E-state index contributed by atoms with van der Waals surface area (Å²) in [5, 5.41) is 19.2. The smallest absolute Gasteiger partial charge is 0.408 e. The normalized spacial score (nSPS) is 17.1. The van der Waals surface area contributed by atoms with Gasteiger partial charge in [0.15, 0.2) is 12.2 Å². The minimum absolute atomic E-state index is 0.0135. The Morgan fingerprint density at radius 2 is 1.47 bits per heavy atom. The highest BCUT2D eigenvalue weighted by Gasteiger charge is 2.51. The molecular weight excluding hydrogens is 620 g/mol. The molecule has 16 nitrogen and oxygen atoms in total. The first kappa shape index (κ1) is 38.5. The molecule has 0 radical (unpaired) electrons. The molecule has 2 rings (SSSR count). The number of esters is 2. The molecule has 16 heteroatoms. The number of carboxylic acid groups (broad SMARTS) is 1. The quantitative estimate of drug-likeness (QED) is 0.0830. The predicted octanol–water partition coefficient (Wildman–Crippen LogP) is 0.704. The molecular formula is C31H44N4O12. The Bertz CT molecular complexity index is 1270. The number of nitrogens with one attached hydrogen (secondary N) is 4. The lowest BCUT2D eigenvalue weighted by atomic mass is 10.1. The van der Waals surface area contributed by atoms with E-state index in [1.165, 1.54) is 0 Å². The molecule has 1 saturated heterocycles. The number of carbonyl (C=O) groups excluding carboxylic acids is 6. The summed E-state index contributed by atoms with van der Waals surface area (Å²) >= 11 is 0. The van der Waals surface area contributed by atoms with Crippen LogP contribution in [0.4, 0.5) is 4.79 Å². The van der Waals surface area contributed by atoms with Crippen molar-refractivity contribution in [3.8, 4) is 0 Å². The van der Waals surface area contributed by atoms with Crippen molar-refractivity contribution in [2.24, 2.45) is 0 Å². The van der Waals surface area contributed by atoms with Crippen LogP contribution in [0.25, 0.3) is 0 Å². The third-order valence-corrected chi connectivity index (χ3v) is 6.46. The van der Waals surface area contributed by atoms with E-state index in [-0.39, 0.29) is 32.5 Å². The minimum Gasteiger partial charge on any atom is -0.480 e. The van der Waals surface area contributed by atoms with E-state index >= 15 is 0 Å². The van der Waals surface area contributed by atoms with Gasteiger partial charge in [-0.25, -0.2) is 14.4 Å². The van der Waals surface area contributed by atoms with Crippen LogP contribution in [0.2, 0.25) is 0 Å². The lowest BCUT2D eigenvalue weighted by molar-refractivity contribution is -0.146. The van der Waals surface area contributed by atoms with E-state index in [4.69, 9.17) is 18.9 Å². The Kier molecular flexibility index (Phi) is 15.1. The largest absolute Gasteiger partial charge is 0.480 e. The van der Waals surface area contributed by atoms with Crippen molar-refractivity contribution in [1.82, 2.24) is 21.3 Å². The van der Waals surface area contributed by atoms with Crippen LogP contribution in [0.1, 0.15) is 65.9 Å². The van der Waals surface area contributed by atoms with Crippen molar-refractivity contribution in [2.75, 3.05) is 13.2 Å². The number of amides is 4. The molecule has 260 valence electrons. The molecule has 5 atom stereocenters. The minimum atomic E-state index is -1.60. The molecule has 4 amide bonds. The second-order valence-corrected chi connectivity index (χ2v) is 11.6. The molecule has 1 fully saturated rings.